The van der Waals surface area contributed by atoms with E-state index in [-0.39, 0.29) is 0 Å². The Bertz CT molecular complexity index is 331. The zero-order chi connectivity index (χ0) is 11.1. The van der Waals surface area contributed by atoms with Crippen molar-refractivity contribution in [1.82, 2.24) is 5.32 Å². The van der Waals surface area contributed by atoms with Gasteiger partial charge in [-0.05, 0) is 24.5 Å². The number of rotatable bonds is 4. The molecule has 0 bridgehead atoms. The van der Waals surface area contributed by atoms with Crippen molar-refractivity contribution in [2.75, 3.05) is 6.54 Å². The Morgan fingerprint density at radius 3 is 2.53 bits per heavy atom. The van der Waals surface area contributed by atoms with Crippen LogP contribution in [0.5, 0.6) is 0 Å². The normalized spacial score (nSPS) is 11.5. The average molecular weight is 205 g/mol. The Kier molecular flexibility index (Phi) is 4.68. The second-order valence-electron chi connectivity index (χ2n) is 3.35. The lowest BCUT2D eigenvalue weighted by atomic mass is 10.1. The predicted molar refractivity (Wildman–Crippen MR) is 64.8 cm³/mol. The van der Waals surface area contributed by atoms with Gasteiger partial charge in [0, 0.05) is 6.54 Å². The van der Waals surface area contributed by atoms with Crippen LogP contribution < -0.4 is 11.1 Å². The van der Waals surface area contributed by atoms with Gasteiger partial charge in [0.2, 0.25) is 0 Å². The highest BCUT2D eigenvalue weighted by Gasteiger charge is 1.98. The Morgan fingerprint density at radius 1 is 1.27 bits per heavy atom. The number of hydrogen-bond acceptors (Lipinski definition) is 1. The first kappa shape index (κ1) is 11.6. The van der Waals surface area contributed by atoms with Gasteiger partial charge in [-0.3, -0.25) is 0 Å². The quantitative estimate of drug-likeness (QED) is 0.580. The first-order valence-electron chi connectivity index (χ1n) is 5.38. The molecule has 0 heterocycles. The summed E-state index contributed by atoms with van der Waals surface area (Å²) in [6.07, 6.45) is 1.03. The topological polar surface area (TPSA) is 50.4 Å². The fourth-order valence-electron chi connectivity index (χ4n) is 1.46. The molecule has 0 aromatic heterocycles. The molecule has 3 nitrogen and oxygen atoms in total. The Balaban J connectivity index is 2.68. The van der Waals surface area contributed by atoms with Crippen LogP contribution in [0.4, 0.5) is 0 Å². The van der Waals surface area contributed by atoms with E-state index >= 15 is 0 Å². The summed E-state index contributed by atoms with van der Waals surface area (Å²) in [4.78, 5) is 4.28. The predicted octanol–water partition coefficient (Wildman–Crippen LogP) is 1.67. The second kappa shape index (κ2) is 6.06. The van der Waals surface area contributed by atoms with E-state index in [1.165, 1.54) is 11.1 Å². The average Bonchev–Trinajstić information content (AvgIpc) is 2.27. The van der Waals surface area contributed by atoms with Crippen LogP contribution >= 0.6 is 0 Å². The van der Waals surface area contributed by atoms with Gasteiger partial charge in [0.25, 0.3) is 0 Å². The molecule has 0 aliphatic carbocycles. The van der Waals surface area contributed by atoms with E-state index in [0.717, 1.165) is 13.0 Å². The molecule has 82 valence electrons. The van der Waals surface area contributed by atoms with E-state index in [1.807, 2.05) is 13.0 Å². The third kappa shape index (κ3) is 3.62. The molecule has 0 aliphatic heterocycles. The van der Waals surface area contributed by atoms with Crippen molar-refractivity contribution in [3.8, 4) is 0 Å². The maximum absolute atomic E-state index is 5.66. The number of benzene rings is 1. The fraction of sp³-hybridized carbons (Fsp3) is 0.417. The standard InChI is InChI=1S/C12H19N3/c1-3-10-7-5-6-8-11(10)9-15-12(13)14-4-2/h5-8H,3-4,9H2,1-2H3,(H3,13,14,15). The van der Waals surface area contributed by atoms with Crippen molar-refractivity contribution in [2.45, 2.75) is 26.8 Å². The van der Waals surface area contributed by atoms with Crippen molar-refractivity contribution in [3.05, 3.63) is 35.4 Å². The molecule has 0 saturated carbocycles. The molecule has 1 aromatic carbocycles. The summed E-state index contributed by atoms with van der Waals surface area (Å²) in [7, 11) is 0. The van der Waals surface area contributed by atoms with E-state index < -0.39 is 0 Å². The van der Waals surface area contributed by atoms with Crippen molar-refractivity contribution in [2.24, 2.45) is 10.7 Å². The molecule has 15 heavy (non-hydrogen) atoms. The van der Waals surface area contributed by atoms with Crippen LogP contribution in [-0.4, -0.2) is 12.5 Å². The lowest BCUT2D eigenvalue weighted by Crippen LogP contribution is -2.31. The number of guanidine groups is 1. The number of aryl methyl sites for hydroxylation is 1. The summed E-state index contributed by atoms with van der Waals surface area (Å²) >= 11 is 0. The maximum atomic E-state index is 5.66. The van der Waals surface area contributed by atoms with Gasteiger partial charge in [0.1, 0.15) is 0 Å². The molecule has 3 N–H and O–H groups in total. The Hall–Kier alpha value is -1.51. The summed E-state index contributed by atoms with van der Waals surface area (Å²) < 4.78 is 0. The number of aliphatic imine (C=N–C) groups is 1. The number of nitrogens with one attached hydrogen (secondary N) is 1. The molecule has 0 atom stereocenters. The van der Waals surface area contributed by atoms with E-state index in [4.69, 9.17) is 5.73 Å². The molecule has 0 amide bonds. The highest BCUT2D eigenvalue weighted by atomic mass is 15.1. The molecular formula is C12H19N3. The Labute approximate surface area is 91.4 Å². The van der Waals surface area contributed by atoms with E-state index in [9.17, 15) is 0 Å². The summed E-state index contributed by atoms with van der Waals surface area (Å²) in [6.45, 7) is 5.62. The number of nitrogens with zero attached hydrogens (tertiary/aromatic N) is 1. The smallest absolute Gasteiger partial charge is 0.188 e. The van der Waals surface area contributed by atoms with Crippen molar-refractivity contribution < 1.29 is 0 Å². The van der Waals surface area contributed by atoms with Gasteiger partial charge in [-0.2, -0.15) is 0 Å². The second-order valence-corrected chi connectivity index (χ2v) is 3.35. The largest absolute Gasteiger partial charge is 0.370 e. The van der Waals surface area contributed by atoms with Gasteiger partial charge < -0.3 is 11.1 Å². The minimum Gasteiger partial charge on any atom is -0.370 e. The van der Waals surface area contributed by atoms with Gasteiger partial charge in [-0.15, -0.1) is 0 Å². The van der Waals surface area contributed by atoms with E-state index in [0.29, 0.717) is 12.5 Å². The molecule has 0 unspecified atom stereocenters. The molecule has 3 heteroatoms. The highest BCUT2D eigenvalue weighted by Crippen LogP contribution is 2.10. The first-order valence-corrected chi connectivity index (χ1v) is 5.38. The molecule has 0 saturated heterocycles. The molecular weight excluding hydrogens is 186 g/mol. The van der Waals surface area contributed by atoms with Crippen LogP contribution in [0.3, 0.4) is 0 Å². The van der Waals surface area contributed by atoms with Gasteiger partial charge in [-0.25, -0.2) is 4.99 Å². The summed E-state index contributed by atoms with van der Waals surface area (Å²) in [5.74, 6) is 0.517. The van der Waals surface area contributed by atoms with Crippen LogP contribution in [0.1, 0.15) is 25.0 Å². The number of nitrogens with two attached hydrogens (primary N) is 1. The maximum Gasteiger partial charge on any atom is 0.188 e. The lowest BCUT2D eigenvalue weighted by Gasteiger charge is -2.05. The summed E-state index contributed by atoms with van der Waals surface area (Å²) in [5, 5.41) is 2.98. The van der Waals surface area contributed by atoms with Crippen LogP contribution in [-0.2, 0) is 13.0 Å². The van der Waals surface area contributed by atoms with E-state index in [2.05, 4.69) is 35.4 Å². The van der Waals surface area contributed by atoms with Crippen LogP contribution in [0.15, 0.2) is 29.3 Å². The van der Waals surface area contributed by atoms with E-state index in [1.54, 1.807) is 0 Å². The monoisotopic (exact) mass is 205 g/mol. The molecule has 0 fully saturated rings. The fourth-order valence-corrected chi connectivity index (χ4v) is 1.46. The SMILES string of the molecule is CCNC(N)=NCc1ccccc1CC. The van der Waals surface area contributed by atoms with Gasteiger partial charge >= 0.3 is 0 Å². The zero-order valence-electron chi connectivity index (χ0n) is 9.46. The minimum absolute atomic E-state index is 0.517. The molecule has 1 aromatic rings. The lowest BCUT2D eigenvalue weighted by molar-refractivity contribution is 0.918. The molecule has 0 spiro atoms. The van der Waals surface area contributed by atoms with Gasteiger partial charge in [-0.1, -0.05) is 31.2 Å². The van der Waals surface area contributed by atoms with Gasteiger partial charge in [0.15, 0.2) is 5.96 Å². The third-order valence-corrected chi connectivity index (χ3v) is 2.28. The third-order valence-electron chi connectivity index (χ3n) is 2.28. The van der Waals surface area contributed by atoms with Crippen LogP contribution in [0.25, 0.3) is 0 Å². The van der Waals surface area contributed by atoms with Crippen molar-refractivity contribution in [1.29, 1.82) is 0 Å². The van der Waals surface area contributed by atoms with Crippen LogP contribution in [0.2, 0.25) is 0 Å². The van der Waals surface area contributed by atoms with Gasteiger partial charge in [0.05, 0.1) is 6.54 Å². The molecule has 1 rings (SSSR count). The summed E-state index contributed by atoms with van der Waals surface area (Å²) in [6, 6.07) is 8.32. The zero-order valence-corrected chi connectivity index (χ0v) is 9.46. The van der Waals surface area contributed by atoms with Crippen LogP contribution in [0, 0.1) is 0 Å². The van der Waals surface area contributed by atoms with Crippen molar-refractivity contribution >= 4 is 5.96 Å². The summed E-state index contributed by atoms with van der Waals surface area (Å²) in [5.41, 5.74) is 8.25. The highest BCUT2D eigenvalue weighted by molar-refractivity contribution is 5.77. The first-order chi connectivity index (χ1) is 7.27. The number of hydrogen-bond donors (Lipinski definition) is 2. The Morgan fingerprint density at radius 2 is 1.93 bits per heavy atom. The molecule has 0 aliphatic rings. The van der Waals surface area contributed by atoms with Crippen molar-refractivity contribution in [3.63, 3.8) is 0 Å². The molecule has 0 radical (unpaired) electrons. The minimum atomic E-state index is 0.517.